The van der Waals surface area contributed by atoms with Crippen LogP contribution in [0.4, 0.5) is 11.4 Å². The van der Waals surface area contributed by atoms with Crippen molar-refractivity contribution in [1.82, 2.24) is 0 Å². The van der Waals surface area contributed by atoms with Gasteiger partial charge in [-0.2, -0.15) is 0 Å². The molecule has 118 valence electrons. The first-order valence-electron chi connectivity index (χ1n) is 6.73. The molecule has 3 N–H and O–H groups in total. The van der Waals surface area contributed by atoms with Crippen LogP contribution in [0.1, 0.15) is 6.92 Å². The van der Waals surface area contributed by atoms with Crippen LogP contribution in [0.15, 0.2) is 60.2 Å². The van der Waals surface area contributed by atoms with Crippen molar-refractivity contribution in [2.45, 2.75) is 6.92 Å². The molecule has 0 aliphatic carbocycles. The minimum atomic E-state index is -1.26. The maximum absolute atomic E-state index is 12.7. The molecular weight excluding hydrogens is 298 g/mol. The van der Waals surface area contributed by atoms with Crippen LogP contribution in [-0.4, -0.2) is 27.2 Å². The fourth-order valence-electron chi connectivity index (χ4n) is 2.08. The van der Waals surface area contributed by atoms with Crippen molar-refractivity contribution >= 4 is 23.3 Å². The van der Waals surface area contributed by atoms with Crippen LogP contribution in [0.25, 0.3) is 0 Å². The van der Waals surface area contributed by atoms with E-state index in [4.69, 9.17) is 5.11 Å². The Morgan fingerprint density at radius 1 is 0.913 bits per heavy atom. The first-order valence-corrected chi connectivity index (χ1v) is 6.73. The Labute approximate surface area is 132 Å². The highest BCUT2D eigenvalue weighted by Crippen LogP contribution is 2.38. The van der Waals surface area contributed by atoms with Crippen LogP contribution in [0.5, 0.6) is 11.5 Å². The van der Waals surface area contributed by atoms with Crippen molar-refractivity contribution in [3.8, 4) is 11.5 Å². The van der Waals surface area contributed by atoms with Crippen LogP contribution < -0.4 is 4.90 Å². The number of benzene rings is 2. The number of hydrogen-bond donors (Lipinski definition) is 3. The van der Waals surface area contributed by atoms with Crippen molar-refractivity contribution in [3.05, 3.63) is 60.2 Å². The first-order chi connectivity index (χ1) is 10.9. The van der Waals surface area contributed by atoms with Gasteiger partial charge in [-0.15, -0.1) is 0 Å². The largest absolute Gasteiger partial charge is 0.506 e. The highest BCUT2D eigenvalue weighted by atomic mass is 16.4. The molecule has 0 spiro atoms. The normalized spacial score (nSPS) is 11.1. The topological polar surface area (TPSA) is 98.1 Å². The molecule has 2 aromatic carbocycles. The maximum atomic E-state index is 12.7. The molecule has 0 radical (unpaired) electrons. The zero-order valence-corrected chi connectivity index (χ0v) is 12.3. The van der Waals surface area contributed by atoms with Crippen molar-refractivity contribution in [2.75, 3.05) is 4.90 Å². The molecule has 0 atom stereocenters. The minimum absolute atomic E-state index is 0.0518. The van der Waals surface area contributed by atoms with Crippen LogP contribution in [-0.2, 0) is 9.59 Å². The summed E-state index contributed by atoms with van der Waals surface area (Å²) in [5.74, 6) is -2.28. The van der Waals surface area contributed by atoms with Gasteiger partial charge in [0.25, 0.3) is 5.91 Å². The van der Waals surface area contributed by atoms with E-state index < -0.39 is 11.9 Å². The van der Waals surface area contributed by atoms with E-state index in [2.05, 4.69) is 0 Å². The predicted octanol–water partition coefficient (Wildman–Crippen LogP) is 2.79. The van der Waals surface area contributed by atoms with Gasteiger partial charge in [-0.05, 0) is 31.2 Å². The Balaban J connectivity index is 2.62. The van der Waals surface area contributed by atoms with E-state index in [0.29, 0.717) is 0 Å². The Bertz CT molecular complexity index is 737. The van der Waals surface area contributed by atoms with Gasteiger partial charge in [0.2, 0.25) is 0 Å². The molecule has 2 aromatic rings. The van der Waals surface area contributed by atoms with Gasteiger partial charge in [0.1, 0.15) is 11.5 Å². The highest BCUT2D eigenvalue weighted by Gasteiger charge is 2.24. The smallest absolute Gasteiger partial charge is 0.328 e. The molecule has 23 heavy (non-hydrogen) atoms. The summed E-state index contributed by atoms with van der Waals surface area (Å²) >= 11 is 0. The minimum Gasteiger partial charge on any atom is -0.506 e. The van der Waals surface area contributed by atoms with Gasteiger partial charge < -0.3 is 15.3 Å². The molecule has 2 rings (SSSR count). The summed E-state index contributed by atoms with van der Waals surface area (Å²) in [6, 6.07) is 12.2. The summed E-state index contributed by atoms with van der Waals surface area (Å²) in [5.41, 5.74) is 0.221. The van der Waals surface area contributed by atoms with Crippen molar-refractivity contribution in [2.24, 2.45) is 0 Å². The Morgan fingerprint density at radius 3 is 1.74 bits per heavy atom. The first kappa shape index (κ1) is 16.1. The van der Waals surface area contributed by atoms with E-state index in [9.17, 15) is 19.8 Å². The van der Waals surface area contributed by atoms with E-state index in [1.165, 1.54) is 31.2 Å². The number of phenolic OH excluding ortho intramolecular Hbond substituents is 2. The third kappa shape index (κ3) is 3.49. The number of carbonyl (C=O) groups excluding carboxylic acids is 1. The number of amides is 1. The second kappa shape index (κ2) is 6.65. The molecule has 0 unspecified atom stereocenters. The molecule has 0 aliphatic heterocycles. The molecule has 0 aromatic heterocycles. The average Bonchev–Trinajstić information content (AvgIpc) is 2.50. The van der Waals surface area contributed by atoms with Crippen LogP contribution in [0.3, 0.4) is 0 Å². The SMILES string of the molecule is C/C(=C/C(=O)O)C(=O)N(c1ccccc1O)c1ccccc1O. The molecule has 0 saturated heterocycles. The molecule has 6 heteroatoms. The lowest BCUT2D eigenvalue weighted by Crippen LogP contribution is -2.27. The van der Waals surface area contributed by atoms with E-state index in [0.717, 1.165) is 11.0 Å². The van der Waals surface area contributed by atoms with Crippen LogP contribution in [0, 0.1) is 0 Å². The monoisotopic (exact) mass is 313 g/mol. The molecular formula is C17H15NO5. The van der Waals surface area contributed by atoms with Crippen molar-refractivity contribution in [3.63, 3.8) is 0 Å². The van der Waals surface area contributed by atoms with E-state index in [1.54, 1.807) is 24.3 Å². The molecule has 0 heterocycles. The summed E-state index contributed by atoms with van der Waals surface area (Å²) < 4.78 is 0. The fourth-order valence-corrected chi connectivity index (χ4v) is 2.08. The Kier molecular flexibility index (Phi) is 4.66. The van der Waals surface area contributed by atoms with Gasteiger partial charge in [0, 0.05) is 11.6 Å². The third-order valence-electron chi connectivity index (χ3n) is 3.13. The number of para-hydroxylation sites is 4. The Morgan fingerprint density at radius 2 is 1.35 bits per heavy atom. The number of aliphatic carboxylic acids is 1. The summed E-state index contributed by atoms with van der Waals surface area (Å²) in [4.78, 5) is 24.5. The van der Waals surface area contributed by atoms with E-state index >= 15 is 0 Å². The highest BCUT2D eigenvalue weighted by molar-refractivity contribution is 6.13. The van der Waals surface area contributed by atoms with Crippen molar-refractivity contribution < 1.29 is 24.9 Å². The van der Waals surface area contributed by atoms with Crippen LogP contribution in [0.2, 0.25) is 0 Å². The van der Waals surface area contributed by atoms with Gasteiger partial charge in [0.15, 0.2) is 0 Å². The second-order valence-corrected chi connectivity index (χ2v) is 4.78. The second-order valence-electron chi connectivity index (χ2n) is 4.78. The lowest BCUT2D eigenvalue weighted by molar-refractivity contribution is -0.131. The molecule has 0 fully saturated rings. The quantitative estimate of drug-likeness (QED) is 0.754. The van der Waals surface area contributed by atoms with Gasteiger partial charge in [-0.3, -0.25) is 9.69 Å². The maximum Gasteiger partial charge on any atom is 0.328 e. The number of phenols is 2. The number of anilines is 2. The average molecular weight is 313 g/mol. The van der Waals surface area contributed by atoms with Gasteiger partial charge in [-0.1, -0.05) is 24.3 Å². The third-order valence-corrected chi connectivity index (χ3v) is 3.13. The number of aromatic hydroxyl groups is 2. The number of nitrogens with zero attached hydrogens (tertiary/aromatic N) is 1. The Hall–Kier alpha value is -3.28. The number of carboxylic acid groups (broad SMARTS) is 1. The van der Waals surface area contributed by atoms with E-state index in [-0.39, 0.29) is 28.4 Å². The van der Waals surface area contributed by atoms with Crippen molar-refractivity contribution in [1.29, 1.82) is 0 Å². The zero-order valence-electron chi connectivity index (χ0n) is 12.3. The predicted molar refractivity (Wildman–Crippen MR) is 84.8 cm³/mol. The summed E-state index contributed by atoms with van der Waals surface area (Å²) in [6.45, 7) is 1.35. The van der Waals surface area contributed by atoms with Gasteiger partial charge in [-0.25, -0.2) is 4.79 Å². The number of carbonyl (C=O) groups is 2. The summed E-state index contributed by atoms with van der Waals surface area (Å²) in [6.07, 6.45) is 0.773. The van der Waals surface area contributed by atoms with E-state index in [1.807, 2.05) is 0 Å². The molecule has 1 amide bonds. The van der Waals surface area contributed by atoms with Crippen LogP contribution >= 0.6 is 0 Å². The van der Waals surface area contributed by atoms with Gasteiger partial charge >= 0.3 is 5.97 Å². The summed E-state index contributed by atoms with van der Waals surface area (Å²) in [5, 5.41) is 28.9. The van der Waals surface area contributed by atoms with Gasteiger partial charge in [0.05, 0.1) is 11.4 Å². The molecule has 0 saturated carbocycles. The number of carboxylic acids is 1. The number of rotatable bonds is 4. The standard InChI is InChI=1S/C17H15NO5/c1-11(10-16(21)22)17(23)18(12-6-2-4-8-14(12)19)13-7-3-5-9-15(13)20/h2-10,19-20H,1H3,(H,21,22)/b11-10-. The lowest BCUT2D eigenvalue weighted by Gasteiger charge is -2.24. The molecule has 0 bridgehead atoms. The number of hydrogen-bond acceptors (Lipinski definition) is 4. The lowest BCUT2D eigenvalue weighted by atomic mass is 10.1. The zero-order chi connectivity index (χ0) is 17.0. The molecule has 0 aliphatic rings. The summed E-state index contributed by atoms with van der Waals surface area (Å²) in [7, 11) is 0. The molecule has 6 nitrogen and oxygen atoms in total. The fraction of sp³-hybridized carbons (Fsp3) is 0.0588.